The first-order valence-electron chi connectivity index (χ1n) is 8.11. The van der Waals surface area contributed by atoms with Gasteiger partial charge in [0.25, 0.3) is 0 Å². The first-order valence-corrected chi connectivity index (χ1v) is 8.11. The average Bonchev–Trinajstić information content (AvgIpc) is 3.20. The molecule has 120 valence electrons. The topological polar surface area (TPSA) is 75.5 Å². The van der Waals surface area contributed by atoms with Gasteiger partial charge >= 0.3 is 0 Å². The van der Waals surface area contributed by atoms with Crippen molar-refractivity contribution in [2.75, 3.05) is 6.54 Å². The number of aryl methyl sites for hydroxylation is 2. The van der Waals surface area contributed by atoms with Gasteiger partial charge in [0.2, 0.25) is 0 Å². The summed E-state index contributed by atoms with van der Waals surface area (Å²) >= 11 is 0. The summed E-state index contributed by atoms with van der Waals surface area (Å²) in [6.45, 7) is 6.78. The third-order valence-electron chi connectivity index (χ3n) is 4.50. The molecule has 1 aliphatic rings. The second kappa shape index (κ2) is 5.73. The van der Waals surface area contributed by atoms with Gasteiger partial charge in [-0.3, -0.25) is 4.90 Å². The first kappa shape index (κ1) is 14.3. The van der Waals surface area contributed by atoms with Gasteiger partial charge in [0.15, 0.2) is 5.65 Å². The maximum atomic E-state index is 4.60. The lowest BCUT2D eigenvalue weighted by molar-refractivity contribution is 0.213. The minimum atomic E-state index is 0.482. The van der Waals surface area contributed by atoms with Crippen LogP contribution in [0.2, 0.25) is 0 Å². The number of pyridine rings is 1. The smallest absolute Gasteiger partial charge is 0.177 e. The van der Waals surface area contributed by atoms with Crippen LogP contribution in [0, 0.1) is 13.8 Å². The second-order valence-corrected chi connectivity index (χ2v) is 6.21. The van der Waals surface area contributed by atoms with Crippen LogP contribution in [0.15, 0.2) is 18.3 Å². The first-order chi connectivity index (χ1) is 11.2. The molecule has 1 N–H and O–H groups in total. The summed E-state index contributed by atoms with van der Waals surface area (Å²) in [6, 6.07) is 4.43. The summed E-state index contributed by atoms with van der Waals surface area (Å²) in [7, 11) is 0. The van der Waals surface area contributed by atoms with E-state index in [1.165, 1.54) is 12.8 Å². The van der Waals surface area contributed by atoms with E-state index in [-0.39, 0.29) is 0 Å². The molecule has 1 aliphatic heterocycles. The molecule has 0 aromatic carbocycles. The molecular formula is C16H21N7. The molecule has 23 heavy (non-hydrogen) atoms. The highest BCUT2D eigenvalue weighted by Gasteiger charge is 2.26. The zero-order valence-electron chi connectivity index (χ0n) is 13.5. The number of rotatable bonds is 4. The van der Waals surface area contributed by atoms with Gasteiger partial charge < -0.3 is 4.98 Å². The van der Waals surface area contributed by atoms with E-state index < -0.39 is 0 Å². The molecule has 0 radical (unpaired) electrons. The molecule has 3 aromatic heterocycles. The van der Waals surface area contributed by atoms with Crippen LogP contribution in [0.5, 0.6) is 0 Å². The van der Waals surface area contributed by atoms with E-state index in [0.29, 0.717) is 6.04 Å². The van der Waals surface area contributed by atoms with Crippen LogP contribution < -0.4 is 0 Å². The predicted molar refractivity (Wildman–Crippen MR) is 86.8 cm³/mol. The van der Waals surface area contributed by atoms with Crippen LogP contribution in [0.25, 0.3) is 11.2 Å². The fraction of sp³-hybridized carbons (Fsp3) is 0.500. The molecule has 1 saturated heterocycles. The van der Waals surface area contributed by atoms with Gasteiger partial charge in [-0.1, -0.05) is 0 Å². The Morgan fingerprint density at radius 1 is 1.30 bits per heavy atom. The Morgan fingerprint density at radius 2 is 2.22 bits per heavy atom. The van der Waals surface area contributed by atoms with Crippen molar-refractivity contribution < 1.29 is 0 Å². The Kier molecular flexibility index (Phi) is 3.57. The van der Waals surface area contributed by atoms with E-state index in [9.17, 15) is 0 Å². The third kappa shape index (κ3) is 2.84. The Labute approximate surface area is 134 Å². The summed E-state index contributed by atoms with van der Waals surface area (Å²) in [5, 5.41) is 4.50. The number of likely N-dealkylation sites (tertiary alicyclic amines) is 1. The van der Waals surface area contributed by atoms with Gasteiger partial charge in [0.1, 0.15) is 17.5 Å². The monoisotopic (exact) mass is 311 g/mol. The Balaban J connectivity index is 1.50. The van der Waals surface area contributed by atoms with Crippen molar-refractivity contribution in [2.45, 2.75) is 45.8 Å². The number of aromatic nitrogens is 6. The molecule has 0 amide bonds. The summed E-state index contributed by atoms with van der Waals surface area (Å²) in [4.78, 5) is 19.1. The lowest BCUT2D eigenvalue weighted by atomic mass is 10.2. The van der Waals surface area contributed by atoms with Gasteiger partial charge in [0, 0.05) is 12.2 Å². The van der Waals surface area contributed by atoms with E-state index in [4.69, 9.17) is 0 Å². The van der Waals surface area contributed by atoms with E-state index >= 15 is 0 Å². The summed E-state index contributed by atoms with van der Waals surface area (Å²) in [5.74, 6) is 2.81. The van der Waals surface area contributed by atoms with Crippen molar-refractivity contribution >= 4 is 11.2 Å². The molecule has 0 bridgehead atoms. The second-order valence-electron chi connectivity index (χ2n) is 6.21. The number of nitrogens with zero attached hydrogens (tertiary/aromatic N) is 6. The third-order valence-corrected chi connectivity index (χ3v) is 4.50. The molecule has 3 aromatic rings. The highest BCUT2D eigenvalue weighted by Crippen LogP contribution is 2.21. The quantitative estimate of drug-likeness (QED) is 0.795. The summed E-state index contributed by atoms with van der Waals surface area (Å²) in [6.07, 6.45) is 4.19. The average molecular weight is 311 g/mol. The number of fused-ring (bicyclic) bond motifs is 1. The van der Waals surface area contributed by atoms with Crippen LogP contribution in [-0.2, 0) is 13.1 Å². The summed E-state index contributed by atoms with van der Waals surface area (Å²) in [5.41, 5.74) is 1.79. The van der Waals surface area contributed by atoms with Crippen molar-refractivity contribution in [1.29, 1.82) is 0 Å². The molecule has 4 rings (SSSR count). The van der Waals surface area contributed by atoms with Gasteiger partial charge in [0.05, 0.1) is 18.6 Å². The molecule has 7 heteroatoms. The van der Waals surface area contributed by atoms with E-state index in [2.05, 4.69) is 29.9 Å². The molecule has 4 heterocycles. The highest BCUT2D eigenvalue weighted by molar-refractivity contribution is 5.69. The van der Waals surface area contributed by atoms with Gasteiger partial charge in [-0.25, -0.2) is 19.6 Å². The van der Waals surface area contributed by atoms with Gasteiger partial charge in [-0.05, 0) is 45.4 Å². The minimum Gasteiger partial charge on any atom is -0.340 e. The number of imidazole rings is 1. The molecule has 1 fully saturated rings. The SMILES string of the molecule is Cc1nc(C)n(C[C@@H]2CCCN2Cc2nc3ncccc3[nH]2)n1. The lowest BCUT2D eigenvalue weighted by Crippen LogP contribution is -2.33. The molecular weight excluding hydrogens is 290 g/mol. The Hall–Kier alpha value is -2.28. The predicted octanol–water partition coefficient (Wildman–Crippen LogP) is 1.83. The molecule has 7 nitrogen and oxygen atoms in total. The van der Waals surface area contributed by atoms with E-state index in [1.807, 2.05) is 30.7 Å². The van der Waals surface area contributed by atoms with Crippen molar-refractivity contribution in [3.05, 3.63) is 35.8 Å². The number of aromatic amines is 1. The molecule has 0 aliphatic carbocycles. The maximum Gasteiger partial charge on any atom is 0.177 e. The fourth-order valence-corrected chi connectivity index (χ4v) is 3.41. The van der Waals surface area contributed by atoms with E-state index in [1.54, 1.807) is 6.20 Å². The van der Waals surface area contributed by atoms with Crippen LogP contribution in [0.4, 0.5) is 0 Å². The largest absolute Gasteiger partial charge is 0.340 e. The number of nitrogens with one attached hydrogen (secondary N) is 1. The van der Waals surface area contributed by atoms with Crippen LogP contribution >= 0.6 is 0 Å². The maximum absolute atomic E-state index is 4.60. The Bertz CT molecular complexity index is 786. The molecule has 0 saturated carbocycles. The van der Waals surface area contributed by atoms with Crippen molar-refractivity contribution in [1.82, 2.24) is 34.6 Å². The normalized spacial score (nSPS) is 19.0. The van der Waals surface area contributed by atoms with Crippen LogP contribution in [0.3, 0.4) is 0 Å². The van der Waals surface area contributed by atoms with Gasteiger partial charge in [-0.2, -0.15) is 5.10 Å². The standard InChI is InChI=1S/C16H21N7/c1-11-18-12(2)23(21-11)9-13-5-4-8-22(13)10-15-19-14-6-3-7-17-16(14)20-15/h3,6-7,13H,4-5,8-10H2,1-2H3,(H,17,19,20)/t13-/m0/s1. The fourth-order valence-electron chi connectivity index (χ4n) is 3.41. The molecule has 1 atom stereocenters. The number of hydrogen-bond acceptors (Lipinski definition) is 5. The minimum absolute atomic E-state index is 0.482. The highest BCUT2D eigenvalue weighted by atomic mass is 15.4. The molecule has 0 unspecified atom stereocenters. The number of hydrogen-bond donors (Lipinski definition) is 1. The van der Waals surface area contributed by atoms with Crippen molar-refractivity contribution in [2.24, 2.45) is 0 Å². The molecule has 0 spiro atoms. The van der Waals surface area contributed by atoms with Crippen molar-refractivity contribution in [3.63, 3.8) is 0 Å². The lowest BCUT2D eigenvalue weighted by Gasteiger charge is -2.23. The van der Waals surface area contributed by atoms with Gasteiger partial charge in [-0.15, -0.1) is 0 Å². The van der Waals surface area contributed by atoms with E-state index in [0.717, 1.165) is 48.3 Å². The van der Waals surface area contributed by atoms with Crippen molar-refractivity contribution in [3.8, 4) is 0 Å². The Morgan fingerprint density at radius 3 is 3.00 bits per heavy atom. The summed E-state index contributed by atoms with van der Waals surface area (Å²) < 4.78 is 2.03. The number of H-pyrrole nitrogens is 1. The zero-order chi connectivity index (χ0) is 15.8. The van der Waals surface area contributed by atoms with Crippen LogP contribution in [-0.4, -0.2) is 47.2 Å². The zero-order valence-corrected chi connectivity index (χ0v) is 13.5. The van der Waals surface area contributed by atoms with Crippen LogP contribution in [0.1, 0.15) is 30.3 Å².